The SMILES string of the molecule is Br.Oc1cc2c(c(Sc3ccccc3)c1O)CCNCC2. The zero-order valence-electron chi connectivity index (χ0n) is 11.5. The monoisotopic (exact) mass is 367 g/mol. The molecule has 0 aromatic heterocycles. The molecule has 1 heterocycles. The van der Waals surface area contributed by atoms with Crippen LogP contribution in [0.2, 0.25) is 0 Å². The first-order valence-electron chi connectivity index (χ1n) is 6.76. The zero-order chi connectivity index (χ0) is 13.9. The number of hydrogen-bond donors (Lipinski definition) is 3. The number of phenols is 2. The van der Waals surface area contributed by atoms with Gasteiger partial charge in [-0.3, -0.25) is 0 Å². The molecule has 2 aromatic rings. The van der Waals surface area contributed by atoms with E-state index in [1.165, 1.54) is 11.8 Å². The molecule has 0 bridgehead atoms. The Kier molecular flexibility index (Phi) is 5.56. The van der Waals surface area contributed by atoms with Gasteiger partial charge >= 0.3 is 0 Å². The van der Waals surface area contributed by atoms with Crippen LogP contribution in [-0.2, 0) is 12.8 Å². The van der Waals surface area contributed by atoms with Crippen LogP contribution in [0.3, 0.4) is 0 Å². The van der Waals surface area contributed by atoms with Crippen molar-refractivity contribution in [3.63, 3.8) is 0 Å². The molecular weight excluding hydrogens is 350 g/mol. The van der Waals surface area contributed by atoms with E-state index >= 15 is 0 Å². The maximum atomic E-state index is 10.2. The van der Waals surface area contributed by atoms with Crippen LogP contribution in [0, 0.1) is 0 Å². The third-order valence-electron chi connectivity index (χ3n) is 3.52. The highest BCUT2D eigenvalue weighted by Crippen LogP contribution is 2.44. The minimum absolute atomic E-state index is 0. The molecule has 3 nitrogen and oxygen atoms in total. The van der Waals surface area contributed by atoms with Gasteiger partial charge in [0, 0.05) is 4.90 Å². The van der Waals surface area contributed by atoms with Gasteiger partial charge in [0.1, 0.15) is 0 Å². The lowest BCUT2D eigenvalue weighted by Gasteiger charge is -2.15. The Labute approximate surface area is 139 Å². The summed E-state index contributed by atoms with van der Waals surface area (Å²) in [6.07, 6.45) is 1.75. The van der Waals surface area contributed by atoms with Crippen LogP contribution in [0.5, 0.6) is 11.5 Å². The minimum Gasteiger partial charge on any atom is -0.504 e. The van der Waals surface area contributed by atoms with Crippen molar-refractivity contribution < 1.29 is 10.2 Å². The number of nitrogens with one attached hydrogen (secondary N) is 1. The van der Waals surface area contributed by atoms with E-state index in [1.807, 2.05) is 30.3 Å². The number of aromatic hydroxyl groups is 2. The van der Waals surface area contributed by atoms with Gasteiger partial charge in [-0.05, 0) is 55.3 Å². The van der Waals surface area contributed by atoms with Gasteiger partial charge in [0.2, 0.25) is 0 Å². The number of phenolic OH excluding ortho intramolecular Hbond substituents is 2. The van der Waals surface area contributed by atoms with Crippen LogP contribution < -0.4 is 5.32 Å². The lowest BCUT2D eigenvalue weighted by atomic mass is 10.0. The topological polar surface area (TPSA) is 52.5 Å². The predicted octanol–water partition coefficient (Wildman–Crippen LogP) is 3.52. The number of fused-ring (bicyclic) bond motifs is 1. The minimum atomic E-state index is -0.0240. The second-order valence-electron chi connectivity index (χ2n) is 4.88. The quantitative estimate of drug-likeness (QED) is 0.710. The Morgan fingerprint density at radius 1 is 1.00 bits per heavy atom. The van der Waals surface area contributed by atoms with E-state index in [-0.39, 0.29) is 28.5 Å². The molecule has 3 N–H and O–H groups in total. The molecule has 0 saturated heterocycles. The highest BCUT2D eigenvalue weighted by molar-refractivity contribution is 8.93. The molecule has 2 aromatic carbocycles. The third kappa shape index (κ3) is 3.54. The standard InChI is InChI=1S/C16H17NO2S.BrH/c18-14-10-11-6-8-17-9-7-13(11)16(15(14)19)20-12-4-2-1-3-5-12;/h1-5,10,17-19H,6-9H2;1H. The molecule has 3 rings (SSSR count). The molecule has 0 aliphatic carbocycles. The smallest absolute Gasteiger partial charge is 0.171 e. The summed E-state index contributed by atoms with van der Waals surface area (Å²) >= 11 is 1.51. The number of halogens is 1. The summed E-state index contributed by atoms with van der Waals surface area (Å²) < 4.78 is 0. The third-order valence-corrected chi connectivity index (χ3v) is 4.67. The van der Waals surface area contributed by atoms with Crippen molar-refractivity contribution in [2.24, 2.45) is 0 Å². The van der Waals surface area contributed by atoms with Gasteiger partial charge < -0.3 is 15.5 Å². The number of benzene rings is 2. The molecule has 0 amide bonds. The second kappa shape index (κ2) is 7.20. The maximum absolute atomic E-state index is 10.2. The van der Waals surface area contributed by atoms with Crippen molar-refractivity contribution in [3.8, 4) is 11.5 Å². The highest BCUT2D eigenvalue weighted by Gasteiger charge is 2.19. The largest absolute Gasteiger partial charge is 0.504 e. The number of rotatable bonds is 2. The average Bonchev–Trinajstić information content (AvgIpc) is 2.70. The van der Waals surface area contributed by atoms with Gasteiger partial charge in [0.15, 0.2) is 11.5 Å². The zero-order valence-corrected chi connectivity index (χ0v) is 14.0. The van der Waals surface area contributed by atoms with E-state index in [1.54, 1.807) is 6.07 Å². The molecule has 0 radical (unpaired) electrons. The van der Waals surface area contributed by atoms with Crippen molar-refractivity contribution in [1.82, 2.24) is 5.32 Å². The molecule has 112 valence electrons. The molecule has 21 heavy (non-hydrogen) atoms. The Morgan fingerprint density at radius 2 is 1.71 bits per heavy atom. The molecule has 0 fully saturated rings. The summed E-state index contributed by atoms with van der Waals surface area (Å²) in [4.78, 5) is 1.85. The molecule has 0 spiro atoms. The Morgan fingerprint density at radius 3 is 2.48 bits per heavy atom. The van der Waals surface area contributed by atoms with Crippen molar-refractivity contribution >= 4 is 28.7 Å². The van der Waals surface area contributed by atoms with E-state index in [4.69, 9.17) is 0 Å². The van der Waals surface area contributed by atoms with Crippen molar-refractivity contribution in [1.29, 1.82) is 0 Å². The predicted molar refractivity (Wildman–Crippen MR) is 90.9 cm³/mol. The molecule has 0 saturated carbocycles. The average molecular weight is 368 g/mol. The molecule has 0 unspecified atom stereocenters. The Hall–Kier alpha value is -1.17. The lowest BCUT2D eigenvalue weighted by molar-refractivity contribution is 0.393. The fourth-order valence-electron chi connectivity index (χ4n) is 2.50. The van der Waals surface area contributed by atoms with E-state index in [0.29, 0.717) is 0 Å². The van der Waals surface area contributed by atoms with Crippen LogP contribution in [0.1, 0.15) is 11.1 Å². The summed E-state index contributed by atoms with van der Waals surface area (Å²) in [6.45, 7) is 1.81. The molecule has 0 atom stereocenters. The van der Waals surface area contributed by atoms with E-state index in [9.17, 15) is 10.2 Å². The highest BCUT2D eigenvalue weighted by atomic mass is 79.9. The first-order valence-corrected chi connectivity index (χ1v) is 7.57. The normalized spacial score (nSPS) is 13.9. The first kappa shape index (κ1) is 16.2. The molecule has 1 aliphatic heterocycles. The van der Waals surface area contributed by atoms with E-state index < -0.39 is 0 Å². The van der Waals surface area contributed by atoms with Crippen LogP contribution in [-0.4, -0.2) is 23.3 Å². The summed E-state index contributed by atoms with van der Waals surface area (Å²) in [6, 6.07) is 11.6. The number of hydrogen-bond acceptors (Lipinski definition) is 4. The van der Waals surface area contributed by atoms with Crippen LogP contribution in [0.15, 0.2) is 46.2 Å². The van der Waals surface area contributed by atoms with E-state index in [2.05, 4.69) is 5.32 Å². The van der Waals surface area contributed by atoms with Gasteiger partial charge in [0.05, 0.1) is 4.90 Å². The van der Waals surface area contributed by atoms with Crippen molar-refractivity contribution in [2.75, 3.05) is 13.1 Å². The fourth-order valence-corrected chi connectivity index (χ4v) is 3.59. The Bertz CT molecular complexity index is 619. The maximum Gasteiger partial charge on any atom is 0.171 e. The van der Waals surface area contributed by atoms with Gasteiger partial charge in [0.25, 0.3) is 0 Å². The van der Waals surface area contributed by atoms with Crippen LogP contribution in [0.25, 0.3) is 0 Å². The fraction of sp³-hybridized carbons (Fsp3) is 0.250. The Balaban J connectivity index is 0.00000161. The molecule has 1 aliphatic rings. The molecular formula is C16H18BrNO2S. The van der Waals surface area contributed by atoms with Gasteiger partial charge in [-0.25, -0.2) is 0 Å². The summed E-state index contributed by atoms with van der Waals surface area (Å²) in [5, 5.41) is 23.5. The summed E-state index contributed by atoms with van der Waals surface area (Å²) in [5.74, 6) is -0.0245. The van der Waals surface area contributed by atoms with Gasteiger partial charge in [-0.1, -0.05) is 30.0 Å². The first-order chi connectivity index (χ1) is 9.75. The summed E-state index contributed by atoms with van der Waals surface area (Å²) in [5.41, 5.74) is 2.28. The van der Waals surface area contributed by atoms with Gasteiger partial charge in [-0.15, -0.1) is 17.0 Å². The molecule has 5 heteroatoms. The van der Waals surface area contributed by atoms with Crippen molar-refractivity contribution in [3.05, 3.63) is 47.5 Å². The second-order valence-corrected chi connectivity index (χ2v) is 5.96. The van der Waals surface area contributed by atoms with Crippen LogP contribution in [0.4, 0.5) is 0 Å². The summed E-state index contributed by atoms with van der Waals surface area (Å²) in [7, 11) is 0. The van der Waals surface area contributed by atoms with Crippen molar-refractivity contribution in [2.45, 2.75) is 22.6 Å². The van der Waals surface area contributed by atoms with Gasteiger partial charge in [-0.2, -0.15) is 0 Å². The lowest BCUT2D eigenvalue weighted by Crippen LogP contribution is -2.16. The van der Waals surface area contributed by atoms with E-state index in [0.717, 1.165) is 46.8 Å². The van der Waals surface area contributed by atoms with Crippen LogP contribution >= 0.6 is 28.7 Å².